The molecule has 1 heterocycles. The van der Waals surface area contributed by atoms with Gasteiger partial charge in [-0.1, -0.05) is 19.1 Å². The van der Waals surface area contributed by atoms with Crippen molar-refractivity contribution < 1.29 is 18.7 Å². The lowest BCUT2D eigenvalue weighted by Crippen LogP contribution is -2.44. The van der Waals surface area contributed by atoms with E-state index in [0.717, 1.165) is 5.56 Å². The highest BCUT2D eigenvalue weighted by Crippen LogP contribution is 2.46. The molecule has 4 nitrogen and oxygen atoms in total. The summed E-state index contributed by atoms with van der Waals surface area (Å²) in [6.07, 6.45) is 5.18. The summed E-state index contributed by atoms with van der Waals surface area (Å²) in [7, 11) is 3.64. The van der Waals surface area contributed by atoms with Gasteiger partial charge in [0.05, 0.1) is 5.69 Å². The van der Waals surface area contributed by atoms with Crippen LogP contribution >= 0.6 is 0 Å². The Hall–Kier alpha value is -2.14. The average molecular weight is 359 g/mol. The highest BCUT2D eigenvalue weighted by atomic mass is 19.1. The molecule has 0 spiro atoms. The predicted molar refractivity (Wildman–Crippen MR) is 99.4 cm³/mol. The molecule has 0 amide bonds. The topological polar surface area (TPSA) is 38.8 Å². The van der Waals surface area contributed by atoms with Gasteiger partial charge in [-0.2, -0.15) is 0 Å². The minimum atomic E-state index is -0.627. The zero-order valence-electron chi connectivity index (χ0n) is 15.6. The molecule has 1 fully saturated rings. The summed E-state index contributed by atoms with van der Waals surface area (Å²) in [6, 6.07) is 5.32. The number of hydrogen-bond donors (Lipinski definition) is 0. The number of anilines is 1. The third kappa shape index (κ3) is 3.28. The Morgan fingerprint density at radius 1 is 1.46 bits per heavy atom. The van der Waals surface area contributed by atoms with Crippen molar-refractivity contribution in [1.82, 2.24) is 0 Å². The van der Waals surface area contributed by atoms with Crippen LogP contribution < -0.4 is 4.90 Å². The highest BCUT2D eigenvalue weighted by molar-refractivity contribution is 5.93. The minimum absolute atomic E-state index is 0.0428. The number of halogens is 1. The van der Waals surface area contributed by atoms with Crippen LogP contribution in [0.3, 0.4) is 0 Å². The molecule has 1 saturated heterocycles. The second-order valence-electron chi connectivity index (χ2n) is 7.42. The van der Waals surface area contributed by atoms with Crippen LogP contribution in [0.15, 0.2) is 42.7 Å². The number of nitrogens with zero attached hydrogens (tertiary/aromatic N) is 1. The molecular weight excluding hydrogens is 333 g/mol. The van der Waals surface area contributed by atoms with Gasteiger partial charge in [0.15, 0.2) is 12.6 Å². The van der Waals surface area contributed by atoms with Gasteiger partial charge >= 0.3 is 0 Å². The zero-order valence-corrected chi connectivity index (χ0v) is 15.6. The third-order valence-corrected chi connectivity index (χ3v) is 5.46. The number of carbonyl (C=O) groups is 1. The number of carbonyl (C=O) groups excluding carboxylic acids is 1. The first-order chi connectivity index (χ1) is 12.4. The summed E-state index contributed by atoms with van der Waals surface area (Å²) in [5.41, 5.74) is 0.843. The Kier molecular flexibility index (Phi) is 5.19. The molecular formula is C21H26FNO3. The van der Waals surface area contributed by atoms with Crippen molar-refractivity contribution in [3.05, 3.63) is 54.1 Å². The Bertz CT molecular complexity index is 743. The first-order valence-corrected chi connectivity index (χ1v) is 8.97. The van der Waals surface area contributed by atoms with Crippen LogP contribution in [-0.2, 0) is 20.7 Å². The lowest BCUT2D eigenvalue weighted by atomic mass is 9.71. The van der Waals surface area contributed by atoms with Gasteiger partial charge in [0, 0.05) is 26.1 Å². The van der Waals surface area contributed by atoms with E-state index in [2.05, 4.69) is 13.5 Å². The van der Waals surface area contributed by atoms with Crippen LogP contribution in [0.2, 0.25) is 0 Å². The number of fused-ring (bicyclic) bond motifs is 1. The van der Waals surface area contributed by atoms with Crippen LogP contribution in [0.4, 0.5) is 10.1 Å². The van der Waals surface area contributed by atoms with Crippen molar-refractivity contribution in [1.29, 1.82) is 0 Å². The van der Waals surface area contributed by atoms with Crippen LogP contribution in [0.25, 0.3) is 0 Å². The van der Waals surface area contributed by atoms with Gasteiger partial charge in [-0.3, -0.25) is 4.79 Å². The van der Waals surface area contributed by atoms with Crippen LogP contribution in [0, 0.1) is 17.7 Å². The van der Waals surface area contributed by atoms with Crippen molar-refractivity contribution in [3.8, 4) is 0 Å². The maximum Gasteiger partial charge on any atom is 0.189 e. The van der Waals surface area contributed by atoms with Crippen molar-refractivity contribution in [2.75, 3.05) is 25.8 Å². The van der Waals surface area contributed by atoms with E-state index in [1.807, 2.05) is 20.2 Å². The average Bonchev–Trinajstić information content (AvgIpc) is 2.99. The molecule has 0 radical (unpaired) electrons. The number of hydrogen-bond acceptors (Lipinski definition) is 4. The summed E-state index contributed by atoms with van der Waals surface area (Å²) in [4.78, 5) is 14.0. The Balaban J connectivity index is 1.85. The predicted octanol–water partition coefficient (Wildman–Crippen LogP) is 3.86. The lowest BCUT2D eigenvalue weighted by molar-refractivity contribution is -0.123. The maximum atomic E-state index is 14.3. The fourth-order valence-electron chi connectivity index (χ4n) is 3.97. The summed E-state index contributed by atoms with van der Waals surface area (Å²) in [6.45, 7) is 5.97. The number of ether oxygens (including phenoxy) is 2. The Morgan fingerprint density at radius 3 is 2.88 bits per heavy atom. The molecule has 0 bridgehead atoms. The molecule has 0 saturated carbocycles. The lowest BCUT2D eigenvalue weighted by Gasteiger charge is -2.38. The van der Waals surface area contributed by atoms with Crippen molar-refractivity contribution >= 4 is 11.5 Å². The molecule has 1 aromatic carbocycles. The molecule has 140 valence electrons. The molecule has 3 atom stereocenters. The summed E-state index contributed by atoms with van der Waals surface area (Å²) in [5, 5.41) is 0. The standard InChI is InChI=1S/C21H26FNO3/c1-5-6-16-12-21(20(11-19(16)24)25-13-26-21)14(2)9-15-7-8-18(23(3)4)17(22)10-15/h5,7-8,10-11,14,16H,1,6,9,12-13H2,2-4H3/t14-,16+,21-/m1/s1. The van der Waals surface area contributed by atoms with E-state index >= 15 is 0 Å². The molecule has 2 aliphatic rings. The van der Waals surface area contributed by atoms with Gasteiger partial charge in [0.25, 0.3) is 0 Å². The fraction of sp³-hybridized carbons (Fsp3) is 0.476. The molecule has 1 aliphatic carbocycles. The quantitative estimate of drug-likeness (QED) is 0.723. The largest absolute Gasteiger partial charge is 0.469 e. The molecule has 0 N–H and O–H groups in total. The first kappa shape index (κ1) is 18.6. The second kappa shape index (κ2) is 7.23. The van der Waals surface area contributed by atoms with Gasteiger partial charge in [-0.15, -0.1) is 6.58 Å². The number of benzene rings is 1. The van der Waals surface area contributed by atoms with E-state index < -0.39 is 5.60 Å². The molecule has 1 aliphatic heterocycles. The van der Waals surface area contributed by atoms with E-state index in [0.29, 0.717) is 30.7 Å². The van der Waals surface area contributed by atoms with E-state index in [-0.39, 0.29) is 30.2 Å². The third-order valence-electron chi connectivity index (χ3n) is 5.46. The van der Waals surface area contributed by atoms with Crippen molar-refractivity contribution in [3.63, 3.8) is 0 Å². The molecule has 0 unspecified atom stereocenters. The molecule has 3 rings (SSSR count). The van der Waals surface area contributed by atoms with Gasteiger partial charge < -0.3 is 14.4 Å². The van der Waals surface area contributed by atoms with Gasteiger partial charge in [-0.05, 0) is 42.9 Å². The summed E-state index contributed by atoms with van der Waals surface area (Å²) < 4.78 is 25.9. The number of ketones is 1. The number of rotatable bonds is 6. The molecule has 0 aromatic heterocycles. The minimum Gasteiger partial charge on any atom is -0.469 e. The van der Waals surface area contributed by atoms with Gasteiger partial charge in [-0.25, -0.2) is 4.39 Å². The van der Waals surface area contributed by atoms with E-state index in [1.165, 1.54) is 0 Å². The van der Waals surface area contributed by atoms with Gasteiger partial charge in [0.2, 0.25) is 0 Å². The maximum absolute atomic E-state index is 14.3. The second-order valence-corrected chi connectivity index (χ2v) is 7.42. The van der Waals surface area contributed by atoms with Crippen LogP contribution in [0.5, 0.6) is 0 Å². The molecule has 1 aromatic rings. The Labute approximate surface area is 154 Å². The van der Waals surface area contributed by atoms with Crippen molar-refractivity contribution in [2.45, 2.75) is 31.8 Å². The monoisotopic (exact) mass is 359 g/mol. The zero-order chi connectivity index (χ0) is 18.9. The molecule has 5 heteroatoms. The van der Waals surface area contributed by atoms with Gasteiger partial charge in [0.1, 0.15) is 17.2 Å². The number of allylic oxidation sites excluding steroid dienone is 2. The smallest absolute Gasteiger partial charge is 0.189 e. The highest BCUT2D eigenvalue weighted by Gasteiger charge is 2.51. The SMILES string of the molecule is C=CC[C@H]1C[C@]2([C@H](C)Cc3ccc(N(C)C)c(F)c3)OCOC2=CC1=O. The fourth-order valence-corrected chi connectivity index (χ4v) is 3.97. The van der Waals surface area contributed by atoms with Crippen molar-refractivity contribution in [2.24, 2.45) is 11.8 Å². The van der Waals surface area contributed by atoms with Crippen LogP contribution in [-0.4, -0.2) is 32.3 Å². The summed E-state index contributed by atoms with van der Waals surface area (Å²) >= 11 is 0. The normalized spacial score (nSPS) is 25.9. The van der Waals surface area contributed by atoms with Crippen LogP contribution in [0.1, 0.15) is 25.3 Å². The van der Waals surface area contributed by atoms with E-state index in [9.17, 15) is 9.18 Å². The summed E-state index contributed by atoms with van der Waals surface area (Å²) in [5.74, 6) is 0.338. The van der Waals surface area contributed by atoms with E-state index in [4.69, 9.17) is 9.47 Å². The first-order valence-electron chi connectivity index (χ1n) is 8.97. The Morgan fingerprint density at radius 2 is 2.23 bits per heavy atom. The molecule has 26 heavy (non-hydrogen) atoms. The van der Waals surface area contributed by atoms with E-state index in [1.54, 1.807) is 29.2 Å².